The van der Waals surface area contributed by atoms with Crippen LogP contribution in [0.5, 0.6) is 0 Å². The van der Waals surface area contributed by atoms with Crippen LogP contribution < -0.4 is 5.56 Å². The average Bonchev–Trinajstić information content (AvgIpc) is 2.70. The van der Waals surface area contributed by atoms with Crippen LogP contribution in [0.15, 0.2) is 16.0 Å². The molecule has 0 atom stereocenters. The maximum absolute atomic E-state index is 11.6. The lowest BCUT2D eigenvalue weighted by Gasteiger charge is -1.98. The van der Waals surface area contributed by atoms with E-state index in [1.165, 1.54) is 22.3 Å². The molecule has 18 heavy (non-hydrogen) atoms. The number of H-pyrrole nitrogens is 1. The smallest absolute Gasteiger partial charge is 0.316 e. The Balaban J connectivity index is 2.18. The SMILES string of the molecule is CCOC(=O)CSc1nc2nc(C)cc(=O)n2[nH]1. The normalized spacial score (nSPS) is 10.8. The zero-order valence-electron chi connectivity index (χ0n) is 9.97. The Bertz CT molecular complexity index is 634. The summed E-state index contributed by atoms with van der Waals surface area (Å²) in [4.78, 5) is 31.0. The van der Waals surface area contributed by atoms with Gasteiger partial charge in [-0.15, -0.1) is 0 Å². The minimum absolute atomic E-state index is 0.140. The number of fused-ring (bicyclic) bond motifs is 1. The number of ether oxygens (including phenoxy) is 1. The third kappa shape index (κ3) is 2.70. The third-order valence-corrected chi connectivity index (χ3v) is 2.91. The Hall–Kier alpha value is -1.83. The molecule has 0 aliphatic heterocycles. The Morgan fingerprint density at radius 2 is 2.33 bits per heavy atom. The molecule has 2 aromatic rings. The van der Waals surface area contributed by atoms with Crippen LogP contribution in [0.25, 0.3) is 5.78 Å². The minimum atomic E-state index is -0.320. The minimum Gasteiger partial charge on any atom is -0.465 e. The van der Waals surface area contributed by atoms with Gasteiger partial charge in [-0.1, -0.05) is 11.8 Å². The first-order valence-electron chi connectivity index (χ1n) is 5.35. The standard InChI is InChI=1S/C10H12N4O3S/c1-3-17-8(16)5-18-10-12-9-11-6(2)4-7(15)14(9)13-10/h4H,3,5H2,1-2H3,(H,11,12,13). The summed E-state index contributed by atoms with van der Waals surface area (Å²) >= 11 is 1.17. The molecule has 7 nitrogen and oxygen atoms in total. The van der Waals surface area contributed by atoms with E-state index in [-0.39, 0.29) is 17.3 Å². The van der Waals surface area contributed by atoms with Crippen molar-refractivity contribution in [1.82, 2.24) is 19.6 Å². The molecule has 0 aromatic carbocycles. The molecule has 0 aliphatic rings. The van der Waals surface area contributed by atoms with Crippen LogP contribution >= 0.6 is 11.8 Å². The number of rotatable bonds is 4. The molecule has 0 radical (unpaired) electrons. The zero-order chi connectivity index (χ0) is 13.1. The van der Waals surface area contributed by atoms with Crippen LogP contribution in [0.4, 0.5) is 0 Å². The van der Waals surface area contributed by atoms with Crippen LogP contribution in [0.3, 0.4) is 0 Å². The Morgan fingerprint density at radius 3 is 3.06 bits per heavy atom. The highest BCUT2D eigenvalue weighted by Crippen LogP contribution is 2.13. The van der Waals surface area contributed by atoms with Crippen molar-refractivity contribution in [2.75, 3.05) is 12.4 Å². The summed E-state index contributed by atoms with van der Waals surface area (Å²) in [6, 6.07) is 1.41. The molecule has 0 amide bonds. The van der Waals surface area contributed by atoms with Gasteiger partial charge in [0, 0.05) is 11.8 Å². The van der Waals surface area contributed by atoms with E-state index in [0.29, 0.717) is 23.2 Å². The van der Waals surface area contributed by atoms with Gasteiger partial charge in [0.15, 0.2) is 5.16 Å². The summed E-state index contributed by atoms with van der Waals surface area (Å²) in [6.07, 6.45) is 0. The number of nitrogens with zero attached hydrogens (tertiary/aromatic N) is 3. The molecule has 8 heteroatoms. The van der Waals surface area contributed by atoms with E-state index < -0.39 is 0 Å². The van der Waals surface area contributed by atoms with Crippen LogP contribution in [0.1, 0.15) is 12.6 Å². The maximum Gasteiger partial charge on any atom is 0.316 e. The summed E-state index contributed by atoms with van der Waals surface area (Å²) < 4.78 is 6.03. The van der Waals surface area contributed by atoms with E-state index in [2.05, 4.69) is 15.1 Å². The highest BCUT2D eigenvalue weighted by molar-refractivity contribution is 7.99. The van der Waals surface area contributed by atoms with Crippen molar-refractivity contribution >= 4 is 23.5 Å². The lowest BCUT2D eigenvalue weighted by molar-refractivity contribution is -0.139. The van der Waals surface area contributed by atoms with Crippen LogP contribution in [-0.2, 0) is 9.53 Å². The lowest BCUT2D eigenvalue weighted by atomic mass is 10.5. The highest BCUT2D eigenvalue weighted by Gasteiger charge is 2.09. The summed E-state index contributed by atoms with van der Waals surface area (Å²) in [5.74, 6) is 0.118. The maximum atomic E-state index is 11.6. The van der Waals surface area contributed by atoms with Gasteiger partial charge in [0.1, 0.15) is 0 Å². The van der Waals surface area contributed by atoms with Crippen LogP contribution in [0, 0.1) is 6.92 Å². The first-order valence-corrected chi connectivity index (χ1v) is 6.33. The number of esters is 1. The summed E-state index contributed by atoms with van der Waals surface area (Å²) in [5.41, 5.74) is 0.376. The van der Waals surface area contributed by atoms with E-state index in [1.54, 1.807) is 13.8 Å². The fourth-order valence-electron chi connectivity index (χ4n) is 1.37. The number of nitrogens with one attached hydrogen (secondary N) is 1. The largest absolute Gasteiger partial charge is 0.465 e. The molecule has 2 aromatic heterocycles. The number of thioether (sulfide) groups is 1. The van der Waals surface area contributed by atoms with Gasteiger partial charge < -0.3 is 4.74 Å². The van der Waals surface area contributed by atoms with Crippen molar-refractivity contribution in [1.29, 1.82) is 0 Å². The third-order valence-electron chi connectivity index (χ3n) is 2.07. The molecule has 0 unspecified atom stereocenters. The summed E-state index contributed by atoms with van der Waals surface area (Å²) in [5, 5.41) is 3.23. The number of hydrogen-bond acceptors (Lipinski definition) is 6. The van der Waals surface area contributed by atoms with Gasteiger partial charge >= 0.3 is 5.97 Å². The monoisotopic (exact) mass is 268 g/mol. The number of aromatic amines is 1. The van der Waals surface area contributed by atoms with Gasteiger partial charge in [-0.05, 0) is 13.8 Å². The van der Waals surface area contributed by atoms with E-state index in [1.807, 2.05) is 0 Å². The molecule has 2 heterocycles. The fraction of sp³-hybridized carbons (Fsp3) is 0.400. The van der Waals surface area contributed by atoms with Crippen molar-refractivity contribution in [2.24, 2.45) is 0 Å². The molecule has 0 aliphatic carbocycles. The quantitative estimate of drug-likeness (QED) is 0.637. The predicted octanol–water partition coefficient (Wildman–Crippen LogP) is 0.381. The molecule has 0 saturated carbocycles. The van der Waals surface area contributed by atoms with Gasteiger partial charge in [0.05, 0.1) is 12.4 Å². The second-order valence-electron chi connectivity index (χ2n) is 3.49. The first kappa shape index (κ1) is 12.6. The van der Waals surface area contributed by atoms with Gasteiger partial charge in [0.2, 0.25) is 0 Å². The van der Waals surface area contributed by atoms with Gasteiger partial charge in [0.25, 0.3) is 11.3 Å². The molecule has 2 rings (SSSR count). The molecule has 0 saturated heterocycles. The lowest BCUT2D eigenvalue weighted by Crippen LogP contribution is -2.14. The summed E-state index contributed by atoms with van der Waals surface area (Å²) in [7, 11) is 0. The number of aryl methyl sites for hydroxylation is 1. The highest BCUT2D eigenvalue weighted by atomic mass is 32.2. The molecule has 1 N–H and O–H groups in total. The van der Waals surface area contributed by atoms with Crippen molar-refractivity contribution in [2.45, 2.75) is 19.0 Å². The first-order chi connectivity index (χ1) is 8.60. The van der Waals surface area contributed by atoms with Crippen LogP contribution in [0.2, 0.25) is 0 Å². The molecular formula is C10H12N4O3S. The second kappa shape index (κ2) is 5.21. The topological polar surface area (TPSA) is 89.3 Å². The van der Waals surface area contributed by atoms with Crippen molar-refractivity contribution < 1.29 is 9.53 Å². The molecule has 0 fully saturated rings. The number of carbonyl (C=O) groups is 1. The summed E-state index contributed by atoms with van der Waals surface area (Å²) in [6.45, 7) is 3.82. The number of carbonyl (C=O) groups excluding carboxylic acids is 1. The Labute approximate surface area is 107 Å². The molecule has 0 bridgehead atoms. The van der Waals surface area contributed by atoms with Crippen molar-refractivity contribution in [3.05, 3.63) is 22.1 Å². The Kier molecular flexibility index (Phi) is 3.66. The van der Waals surface area contributed by atoms with Gasteiger partial charge in [-0.25, -0.2) is 4.98 Å². The average molecular weight is 268 g/mol. The zero-order valence-corrected chi connectivity index (χ0v) is 10.8. The fourth-order valence-corrected chi connectivity index (χ4v) is 2.01. The van der Waals surface area contributed by atoms with Crippen molar-refractivity contribution in [3.63, 3.8) is 0 Å². The Morgan fingerprint density at radius 1 is 1.56 bits per heavy atom. The van der Waals surface area contributed by atoms with E-state index in [0.717, 1.165) is 0 Å². The molecule has 96 valence electrons. The van der Waals surface area contributed by atoms with Gasteiger partial charge in [-0.3, -0.25) is 14.7 Å². The van der Waals surface area contributed by atoms with Crippen molar-refractivity contribution in [3.8, 4) is 0 Å². The van der Waals surface area contributed by atoms with E-state index in [4.69, 9.17) is 4.74 Å². The number of aromatic nitrogens is 4. The molecular weight excluding hydrogens is 256 g/mol. The molecule has 0 spiro atoms. The van der Waals surface area contributed by atoms with E-state index >= 15 is 0 Å². The van der Waals surface area contributed by atoms with Crippen LogP contribution in [-0.4, -0.2) is 37.9 Å². The number of hydrogen-bond donors (Lipinski definition) is 1. The van der Waals surface area contributed by atoms with E-state index in [9.17, 15) is 9.59 Å². The predicted molar refractivity (Wildman–Crippen MR) is 65.7 cm³/mol. The van der Waals surface area contributed by atoms with Gasteiger partial charge in [-0.2, -0.15) is 9.50 Å². The second-order valence-corrected chi connectivity index (χ2v) is 4.46.